The molecule has 2 aromatic carbocycles. The lowest BCUT2D eigenvalue weighted by Crippen LogP contribution is -2.26. The normalized spacial score (nSPS) is 10.8. The van der Waals surface area contributed by atoms with Gasteiger partial charge in [0, 0.05) is 24.8 Å². The van der Waals surface area contributed by atoms with Gasteiger partial charge < -0.3 is 23.9 Å². The number of nitrogens with one attached hydrogen (secondary N) is 1. The predicted octanol–water partition coefficient (Wildman–Crippen LogP) is 4.05. The molecule has 3 rings (SSSR count). The van der Waals surface area contributed by atoms with Crippen molar-refractivity contribution in [3.05, 3.63) is 87.4 Å². The number of carbonyl (C=O) groups excluding carboxylic acids is 1. The van der Waals surface area contributed by atoms with Crippen molar-refractivity contribution in [1.29, 1.82) is 5.26 Å². The Kier molecular flexibility index (Phi) is 8.45. The Morgan fingerprint density at radius 1 is 1.11 bits per heavy atom. The molecular formula is C25H23N3O7. The maximum absolute atomic E-state index is 12.4. The fraction of sp³-hybridized carbons (Fsp3) is 0.200. The summed E-state index contributed by atoms with van der Waals surface area (Å²) in [4.78, 5) is 22.6. The lowest BCUT2D eigenvalue weighted by Gasteiger charge is -2.10. The highest BCUT2D eigenvalue weighted by Crippen LogP contribution is 2.27. The van der Waals surface area contributed by atoms with Crippen molar-refractivity contribution >= 4 is 17.7 Å². The summed E-state index contributed by atoms with van der Waals surface area (Å²) in [6.07, 6.45) is 1.89. The molecule has 0 aliphatic carbocycles. The lowest BCUT2D eigenvalue weighted by molar-refractivity contribution is -0.384. The number of carbonyl (C=O) groups is 1. The van der Waals surface area contributed by atoms with E-state index in [1.54, 1.807) is 32.4 Å². The molecule has 10 heteroatoms. The van der Waals surface area contributed by atoms with Gasteiger partial charge in [-0.05, 0) is 48.4 Å². The van der Waals surface area contributed by atoms with Crippen LogP contribution in [0.2, 0.25) is 0 Å². The highest BCUT2D eigenvalue weighted by Gasteiger charge is 2.12. The lowest BCUT2D eigenvalue weighted by atomic mass is 10.1. The molecule has 180 valence electrons. The van der Waals surface area contributed by atoms with Crippen LogP contribution in [0.15, 0.2) is 64.6 Å². The van der Waals surface area contributed by atoms with Gasteiger partial charge in [-0.2, -0.15) is 5.26 Å². The zero-order valence-corrected chi connectivity index (χ0v) is 19.1. The number of non-ortho nitro benzene ring substituents is 1. The molecule has 0 saturated carbocycles. The van der Waals surface area contributed by atoms with Gasteiger partial charge in [0.2, 0.25) is 0 Å². The van der Waals surface area contributed by atoms with Gasteiger partial charge in [0.25, 0.3) is 11.6 Å². The van der Waals surface area contributed by atoms with E-state index >= 15 is 0 Å². The monoisotopic (exact) mass is 477 g/mol. The second-order valence-electron chi connectivity index (χ2n) is 7.21. The van der Waals surface area contributed by atoms with E-state index in [9.17, 15) is 20.2 Å². The Balaban J connectivity index is 1.54. The number of amides is 1. The highest BCUT2D eigenvalue weighted by atomic mass is 16.6. The molecule has 0 radical (unpaired) electrons. The number of nitro benzene ring substituents is 1. The molecule has 0 aliphatic heterocycles. The predicted molar refractivity (Wildman–Crippen MR) is 126 cm³/mol. The van der Waals surface area contributed by atoms with Crippen LogP contribution in [0.4, 0.5) is 5.69 Å². The summed E-state index contributed by atoms with van der Waals surface area (Å²) in [5.74, 6) is 1.91. The first-order chi connectivity index (χ1) is 16.9. The minimum Gasteiger partial charge on any atom is -0.493 e. The van der Waals surface area contributed by atoms with Crippen LogP contribution in [0.1, 0.15) is 17.1 Å². The maximum Gasteiger partial charge on any atom is 0.269 e. The van der Waals surface area contributed by atoms with E-state index in [4.69, 9.17) is 18.6 Å². The molecule has 1 N–H and O–H groups in total. The largest absolute Gasteiger partial charge is 0.493 e. The zero-order chi connectivity index (χ0) is 25.2. The molecule has 0 spiro atoms. The summed E-state index contributed by atoms with van der Waals surface area (Å²) in [6.45, 7) is 0.394. The van der Waals surface area contributed by atoms with Crippen LogP contribution in [0.25, 0.3) is 6.08 Å². The van der Waals surface area contributed by atoms with Crippen molar-refractivity contribution in [2.45, 2.75) is 13.0 Å². The number of furan rings is 1. The van der Waals surface area contributed by atoms with Crippen LogP contribution in [0.3, 0.4) is 0 Å². The van der Waals surface area contributed by atoms with E-state index in [2.05, 4.69) is 5.32 Å². The van der Waals surface area contributed by atoms with Gasteiger partial charge in [-0.15, -0.1) is 0 Å². The number of hydrogen-bond acceptors (Lipinski definition) is 8. The van der Waals surface area contributed by atoms with Crippen LogP contribution in [-0.2, 0) is 17.8 Å². The van der Waals surface area contributed by atoms with Crippen molar-refractivity contribution in [3.8, 4) is 23.3 Å². The number of methoxy groups -OCH3 is 2. The number of nitriles is 1. The van der Waals surface area contributed by atoms with Crippen LogP contribution < -0.4 is 19.5 Å². The summed E-state index contributed by atoms with van der Waals surface area (Å²) in [7, 11) is 3.11. The smallest absolute Gasteiger partial charge is 0.269 e. The summed E-state index contributed by atoms with van der Waals surface area (Å²) in [5, 5.41) is 22.8. The summed E-state index contributed by atoms with van der Waals surface area (Å²) in [6, 6.07) is 16.3. The summed E-state index contributed by atoms with van der Waals surface area (Å²) >= 11 is 0. The van der Waals surface area contributed by atoms with E-state index in [1.165, 1.54) is 30.3 Å². The van der Waals surface area contributed by atoms with Gasteiger partial charge in [-0.25, -0.2) is 0 Å². The number of ether oxygens (including phenoxy) is 3. The third-order valence-electron chi connectivity index (χ3n) is 4.91. The molecule has 0 fully saturated rings. The minimum absolute atomic E-state index is 0.0335. The molecule has 1 aromatic heterocycles. The van der Waals surface area contributed by atoms with Crippen LogP contribution >= 0.6 is 0 Å². The maximum atomic E-state index is 12.4. The van der Waals surface area contributed by atoms with E-state index in [-0.39, 0.29) is 17.9 Å². The Morgan fingerprint density at radius 3 is 2.51 bits per heavy atom. The molecular weight excluding hydrogens is 454 g/mol. The van der Waals surface area contributed by atoms with Gasteiger partial charge in [-0.3, -0.25) is 14.9 Å². The molecule has 0 bridgehead atoms. The quantitative estimate of drug-likeness (QED) is 0.189. The Morgan fingerprint density at radius 2 is 1.86 bits per heavy atom. The number of benzene rings is 2. The van der Waals surface area contributed by atoms with Crippen LogP contribution in [0.5, 0.6) is 17.2 Å². The van der Waals surface area contributed by atoms with Crippen molar-refractivity contribution in [2.75, 3.05) is 20.8 Å². The van der Waals surface area contributed by atoms with Crippen molar-refractivity contribution in [3.63, 3.8) is 0 Å². The minimum atomic E-state index is -0.520. The molecule has 0 unspecified atom stereocenters. The summed E-state index contributed by atoms with van der Waals surface area (Å²) < 4.78 is 21.6. The van der Waals surface area contributed by atoms with Crippen LogP contribution in [-0.4, -0.2) is 31.6 Å². The summed E-state index contributed by atoms with van der Waals surface area (Å²) in [5.41, 5.74) is 0.803. The van der Waals surface area contributed by atoms with Gasteiger partial charge >= 0.3 is 0 Å². The average Bonchev–Trinajstić information content (AvgIpc) is 3.33. The topological polar surface area (TPSA) is 137 Å². The average molecular weight is 477 g/mol. The van der Waals surface area contributed by atoms with E-state index in [1.807, 2.05) is 18.2 Å². The van der Waals surface area contributed by atoms with Gasteiger partial charge in [0.05, 0.1) is 19.1 Å². The second kappa shape index (κ2) is 11.9. The van der Waals surface area contributed by atoms with Crippen molar-refractivity contribution < 1.29 is 28.3 Å². The molecule has 0 atom stereocenters. The number of nitro groups is 1. The molecule has 1 heterocycles. The molecule has 0 saturated heterocycles. The Labute approximate surface area is 201 Å². The van der Waals surface area contributed by atoms with Gasteiger partial charge in [0.1, 0.15) is 35.5 Å². The van der Waals surface area contributed by atoms with Crippen LogP contribution in [0, 0.1) is 21.4 Å². The van der Waals surface area contributed by atoms with E-state index < -0.39 is 10.8 Å². The number of hydrogen-bond donors (Lipinski definition) is 1. The third kappa shape index (κ3) is 6.85. The highest BCUT2D eigenvalue weighted by molar-refractivity contribution is 6.01. The van der Waals surface area contributed by atoms with Gasteiger partial charge in [0.15, 0.2) is 11.5 Å². The second-order valence-corrected chi connectivity index (χ2v) is 7.21. The first-order valence-corrected chi connectivity index (χ1v) is 10.5. The fourth-order valence-corrected chi connectivity index (χ4v) is 3.11. The molecule has 1 amide bonds. The third-order valence-corrected chi connectivity index (χ3v) is 4.91. The van der Waals surface area contributed by atoms with E-state index in [0.29, 0.717) is 41.7 Å². The number of nitrogens with zero attached hydrogens (tertiary/aromatic N) is 2. The molecule has 0 aliphatic rings. The number of rotatable bonds is 11. The Hall–Kier alpha value is -4.78. The molecule has 35 heavy (non-hydrogen) atoms. The van der Waals surface area contributed by atoms with E-state index in [0.717, 1.165) is 5.56 Å². The van der Waals surface area contributed by atoms with Crippen molar-refractivity contribution in [1.82, 2.24) is 5.32 Å². The first-order valence-electron chi connectivity index (χ1n) is 10.5. The first kappa shape index (κ1) is 24.9. The fourth-order valence-electron chi connectivity index (χ4n) is 3.11. The zero-order valence-electron chi connectivity index (χ0n) is 19.1. The molecule has 10 nitrogen and oxygen atoms in total. The van der Waals surface area contributed by atoms with Gasteiger partial charge in [-0.1, -0.05) is 6.07 Å². The van der Waals surface area contributed by atoms with Crippen molar-refractivity contribution in [2.24, 2.45) is 0 Å². The molecule has 3 aromatic rings. The SMILES string of the molecule is COc1ccc(CCNC(=O)/C(C#N)=C/c2ccc(COc3ccc([N+](=O)[O-])cc3)o2)cc1OC. The standard InChI is InChI=1S/C25H23N3O7/c1-32-23-10-3-17(13-24(23)33-2)11-12-27-25(29)18(15-26)14-21-8-9-22(35-21)16-34-20-6-4-19(5-7-20)28(30)31/h3-10,13-14H,11-12,16H2,1-2H3,(H,27,29)/b18-14+. The Bertz CT molecular complexity index is 1260.